The van der Waals surface area contributed by atoms with Crippen LogP contribution < -0.4 is 15.4 Å². The minimum atomic E-state index is -3.20. The summed E-state index contributed by atoms with van der Waals surface area (Å²) in [5, 5.41) is 5.20. The quantitative estimate of drug-likeness (QED) is 0.659. The fourth-order valence-corrected chi connectivity index (χ4v) is 2.21. The summed E-state index contributed by atoms with van der Waals surface area (Å²) < 4.78 is 37.5. The molecule has 0 aliphatic rings. The highest BCUT2D eigenvalue weighted by Gasteiger charge is 2.12. The molecule has 0 aliphatic carbocycles. The van der Waals surface area contributed by atoms with Gasteiger partial charge in [0.25, 0.3) is 0 Å². The van der Waals surface area contributed by atoms with Crippen LogP contribution in [0.4, 0.5) is 9.18 Å². The van der Waals surface area contributed by atoms with E-state index in [1.165, 1.54) is 6.07 Å². The fourth-order valence-electron chi connectivity index (χ4n) is 1.70. The van der Waals surface area contributed by atoms with Crippen molar-refractivity contribution in [2.75, 3.05) is 19.3 Å². The Morgan fingerprint density at radius 1 is 1.29 bits per heavy atom. The van der Waals surface area contributed by atoms with Gasteiger partial charge >= 0.3 is 6.03 Å². The molecular weight excluding hydrogens is 297 g/mol. The predicted molar refractivity (Wildman–Crippen MR) is 78.8 cm³/mol. The van der Waals surface area contributed by atoms with Gasteiger partial charge in [-0.2, -0.15) is 0 Å². The van der Waals surface area contributed by atoms with Gasteiger partial charge in [-0.1, -0.05) is 18.2 Å². The number of carbonyl (C=O) groups is 1. The summed E-state index contributed by atoms with van der Waals surface area (Å²) >= 11 is 0. The Morgan fingerprint density at radius 2 is 1.95 bits per heavy atom. The summed E-state index contributed by atoms with van der Waals surface area (Å²) in [7, 11) is -3.20. The predicted octanol–water partition coefficient (Wildman–Crippen LogP) is 1.13. The zero-order chi connectivity index (χ0) is 15.9. The minimum absolute atomic E-state index is 0.252. The van der Waals surface area contributed by atoms with Gasteiger partial charge in [0.15, 0.2) is 0 Å². The first kappa shape index (κ1) is 17.4. The third kappa shape index (κ3) is 7.05. The second kappa shape index (κ2) is 7.94. The molecule has 0 fully saturated rings. The van der Waals surface area contributed by atoms with Crippen molar-refractivity contribution in [3.8, 4) is 0 Å². The first-order chi connectivity index (χ1) is 9.79. The number of urea groups is 1. The molecule has 1 rings (SSSR count). The van der Waals surface area contributed by atoms with Gasteiger partial charge in [-0.05, 0) is 19.4 Å². The molecule has 0 saturated heterocycles. The number of amides is 2. The van der Waals surface area contributed by atoms with Gasteiger partial charge in [0.1, 0.15) is 5.82 Å². The largest absolute Gasteiger partial charge is 0.338 e. The van der Waals surface area contributed by atoms with E-state index in [0.717, 1.165) is 6.26 Å². The maximum absolute atomic E-state index is 13.5. The van der Waals surface area contributed by atoms with Gasteiger partial charge in [0, 0.05) is 18.7 Å². The lowest BCUT2D eigenvalue weighted by Gasteiger charge is -2.15. The van der Waals surface area contributed by atoms with E-state index in [4.69, 9.17) is 0 Å². The van der Waals surface area contributed by atoms with Crippen LogP contribution in [0, 0.1) is 5.82 Å². The second-order valence-corrected chi connectivity index (χ2v) is 6.50. The van der Waals surface area contributed by atoms with Crippen molar-refractivity contribution in [3.63, 3.8) is 0 Å². The highest BCUT2D eigenvalue weighted by atomic mass is 32.2. The van der Waals surface area contributed by atoms with Crippen LogP contribution in [0.15, 0.2) is 24.3 Å². The van der Waals surface area contributed by atoms with Crippen molar-refractivity contribution in [1.82, 2.24) is 15.4 Å². The molecule has 0 bridgehead atoms. The zero-order valence-electron chi connectivity index (χ0n) is 12.0. The summed E-state index contributed by atoms with van der Waals surface area (Å²) in [5.74, 6) is -0.373. The molecule has 1 unspecified atom stereocenters. The lowest BCUT2D eigenvalue weighted by Crippen LogP contribution is -2.38. The van der Waals surface area contributed by atoms with Crippen molar-refractivity contribution >= 4 is 16.1 Å². The Labute approximate surface area is 124 Å². The van der Waals surface area contributed by atoms with Crippen LogP contribution in [0.3, 0.4) is 0 Å². The van der Waals surface area contributed by atoms with Crippen molar-refractivity contribution in [2.45, 2.75) is 19.4 Å². The van der Waals surface area contributed by atoms with E-state index in [0.29, 0.717) is 18.5 Å². The van der Waals surface area contributed by atoms with Crippen molar-refractivity contribution in [1.29, 1.82) is 0 Å². The normalized spacial score (nSPS) is 12.7. The molecule has 1 aromatic carbocycles. The standard InChI is InChI=1S/C13H20FN3O3S/c1-10(11-6-3-4-7-12(11)14)17-13(18)15-8-5-9-16-21(2,19)20/h3-4,6-7,10,16H,5,8-9H2,1-2H3,(H2,15,17,18). The van der Waals surface area contributed by atoms with Gasteiger partial charge in [-0.3, -0.25) is 0 Å². The number of sulfonamides is 1. The summed E-state index contributed by atoms with van der Waals surface area (Å²) in [6, 6.07) is 5.34. The number of nitrogens with one attached hydrogen (secondary N) is 3. The lowest BCUT2D eigenvalue weighted by molar-refractivity contribution is 0.237. The molecule has 1 atom stereocenters. The van der Waals surface area contributed by atoms with E-state index in [2.05, 4.69) is 15.4 Å². The van der Waals surface area contributed by atoms with Crippen molar-refractivity contribution in [3.05, 3.63) is 35.6 Å². The van der Waals surface area contributed by atoms with E-state index in [1.807, 2.05) is 0 Å². The molecule has 8 heteroatoms. The lowest BCUT2D eigenvalue weighted by atomic mass is 10.1. The third-order valence-electron chi connectivity index (χ3n) is 2.72. The average Bonchev–Trinajstić information content (AvgIpc) is 2.37. The molecule has 3 N–H and O–H groups in total. The molecular formula is C13H20FN3O3S. The van der Waals surface area contributed by atoms with Crippen LogP contribution in [0.2, 0.25) is 0 Å². The SMILES string of the molecule is CC(NC(=O)NCCCNS(C)(=O)=O)c1ccccc1F. The number of carbonyl (C=O) groups excluding carboxylic acids is 1. The van der Waals surface area contributed by atoms with E-state index in [1.54, 1.807) is 25.1 Å². The molecule has 0 aromatic heterocycles. The van der Waals surface area contributed by atoms with Crippen LogP contribution in [0.25, 0.3) is 0 Å². The summed E-state index contributed by atoms with van der Waals surface area (Å²) in [6.45, 7) is 2.25. The molecule has 118 valence electrons. The summed E-state index contributed by atoms with van der Waals surface area (Å²) in [5.41, 5.74) is 0.409. The summed E-state index contributed by atoms with van der Waals surface area (Å²) in [6.07, 6.45) is 1.54. The van der Waals surface area contributed by atoms with Crippen LogP contribution in [0.1, 0.15) is 24.9 Å². The van der Waals surface area contributed by atoms with Crippen molar-refractivity contribution < 1.29 is 17.6 Å². The molecule has 6 nitrogen and oxygen atoms in total. The highest BCUT2D eigenvalue weighted by Crippen LogP contribution is 2.15. The molecule has 1 aromatic rings. The van der Waals surface area contributed by atoms with Gasteiger partial charge in [0.05, 0.1) is 12.3 Å². The Hall–Kier alpha value is -1.67. The van der Waals surface area contributed by atoms with Gasteiger partial charge in [-0.25, -0.2) is 22.3 Å². The number of hydrogen-bond donors (Lipinski definition) is 3. The monoisotopic (exact) mass is 317 g/mol. The average molecular weight is 317 g/mol. The van der Waals surface area contributed by atoms with Gasteiger partial charge < -0.3 is 10.6 Å². The van der Waals surface area contributed by atoms with Gasteiger partial charge in [-0.15, -0.1) is 0 Å². The molecule has 2 amide bonds. The Bertz CT molecular complexity index is 578. The number of hydrogen-bond acceptors (Lipinski definition) is 3. The second-order valence-electron chi connectivity index (χ2n) is 4.66. The van der Waals surface area contributed by atoms with Crippen LogP contribution >= 0.6 is 0 Å². The molecule has 21 heavy (non-hydrogen) atoms. The minimum Gasteiger partial charge on any atom is -0.338 e. The highest BCUT2D eigenvalue weighted by molar-refractivity contribution is 7.88. The van der Waals surface area contributed by atoms with E-state index in [-0.39, 0.29) is 12.4 Å². The first-order valence-corrected chi connectivity index (χ1v) is 8.42. The molecule has 0 heterocycles. The van der Waals surface area contributed by atoms with E-state index < -0.39 is 22.1 Å². The maximum atomic E-state index is 13.5. The fraction of sp³-hybridized carbons (Fsp3) is 0.462. The Kier molecular flexibility index (Phi) is 6.57. The topological polar surface area (TPSA) is 87.3 Å². The maximum Gasteiger partial charge on any atom is 0.315 e. The molecule has 0 saturated carbocycles. The number of rotatable bonds is 7. The third-order valence-corrected chi connectivity index (χ3v) is 3.45. The van der Waals surface area contributed by atoms with Gasteiger partial charge in [0.2, 0.25) is 10.0 Å². The van der Waals surface area contributed by atoms with E-state index >= 15 is 0 Å². The molecule has 0 radical (unpaired) electrons. The Balaban J connectivity index is 2.29. The molecule has 0 aliphatic heterocycles. The van der Waals surface area contributed by atoms with Crippen LogP contribution in [-0.4, -0.2) is 33.8 Å². The van der Waals surface area contributed by atoms with Crippen LogP contribution in [-0.2, 0) is 10.0 Å². The summed E-state index contributed by atoms with van der Waals surface area (Å²) in [4.78, 5) is 11.6. The number of halogens is 1. The zero-order valence-corrected chi connectivity index (χ0v) is 12.8. The first-order valence-electron chi connectivity index (χ1n) is 6.53. The number of benzene rings is 1. The van der Waals surface area contributed by atoms with Crippen molar-refractivity contribution in [2.24, 2.45) is 0 Å². The smallest absolute Gasteiger partial charge is 0.315 e. The van der Waals surface area contributed by atoms with Crippen LogP contribution in [0.5, 0.6) is 0 Å². The molecule has 0 spiro atoms. The van der Waals surface area contributed by atoms with E-state index in [9.17, 15) is 17.6 Å². The Morgan fingerprint density at radius 3 is 2.57 bits per heavy atom.